The molecule has 0 aliphatic rings. The third-order valence-corrected chi connectivity index (χ3v) is 2.75. The van der Waals surface area contributed by atoms with E-state index >= 15 is 0 Å². The number of carbonyl (C=O) groups excluding carboxylic acids is 1. The van der Waals surface area contributed by atoms with E-state index in [-0.39, 0.29) is 11.9 Å². The quantitative estimate of drug-likeness (QED) is 0.552. The monoisotopic (exact) mass is 260 g/mol. The third-order valence-electron chi connectivity index (χ3n) is 2.75. The van der Waals surface area contributed by atoms with Crippen LogP contribution in [0.2, 0.25) is 0 Å². The number of aromatic nitrogens is 3. The first-order valence-electron chi connectivity index (χ1n) is 5.82. The van der Waals surface area contributed by atoms with Crippen molar-refractivity contribution in [2.75, 3.05) is 5.43 Å². The number of hydrogen-bond acceptors (Lipinski definition) is 5. The number of nitrogen functional groups attached to an aromatic ring is 1. The molecule has 2 aromatic heterocycles. The van der Waals surface area contributed by atoms with Gasteiger partial charge in [0.05, 0.1) is 17.8 Å². The van der Waals surface area contributed by atoms with E-state index in [0.717, 1.165) is 5.56 Å². The highest BCUT2D eigenvalue weighted by Gasteiger charge is 2.12. The number of aryl methyl sites for hydroxylation is 1. The summed E-state index contributed by atoms with van der Waals surface area (Å²) in [5.74, 6) is 5.54. The SMILES string of the molecule is CC(NC(=O)c1ccc(NN)nc1)c1cnn(C)c1. The predicted octanol–water partition coefficient (Wildman–Crippen LogP) is 0.592. The minimum Gasteiger partial charge on any atom is -0.345 e. The summed E-state index contributed by atoms with van der Waals surface area (Å²) in [5, 5.41) is 6.95. The number of anilines is 1. The molecule has 0 saturated heterocycles. The average molecular weight is 260 g/mol. The molecule has 0 aromatic carbocycles. The summed E-state index contributed by atoms with van der Waals surface area (Å²) in [5.41, 5.74) is 3.84. The van der Waals surface area contributed by atoms with Gasteiger partial charge in [-0.15, -0.1) is 0 Å². The Balaban J connectivity index is 2.03. The fraction of sp³-hybridized carbons (Fsp3) is 0.250. The zero-order valence-corrected chi connectivity index (χ0v) is 10.8. The van der Waals surface area contributed by atoms with Crippen LogP contribution in [0.25, 0.3) is 0 Å². The van der Waals surface area contributed by atoms with Crippen molar-refractivity contribution < 1.29 is 4.79 Å². The van der Waals surface area contributed by atoms with Crippen LogP contribution in [0.5, 0.6) is 0 Å². The molecule has 4 N–H and O–H groups in total. The molecule has 1 atom stereocenters. The molecule has 2 aromatic rings. The Hall–Kier alpha value is -2.41. The van der Waals surface area contributed by atoms with Crippen molar-refractivity contribution in [1.29, 1.82) is 0 Å². The number of nitrogens with two attached hydrogens (primary N) is 1. The maximum absolute atomic E-state index is 12.0. The lowest BCUT2D eigenvalue weighted by molar-refractivity contribution is 0.0939. The largest absolute Gasteiger partial charge is 0.345 e. The number of nitrogens with zero attached hydrogens (tertiary/aromatic N) is 3. The molecule has 0 bridgehead atoms. The molecule has 7 nitrogen and oxygen atoms in total. The van der Waals surface area contributed by atoms with Gasteiger partial charge in [-0.25, -0.2) is 10.8 Å². The minimum absolute atomic E-state index is 0.117. The summed E-state index contributed by atoms with van der Waals surface area (Å²) < 4.78 is 1.70. The summed E-state index contributed by atoms with van der Waals surface area (Å²) >= 11 is 0. The lowest BCUT2D eigenvalue weighted by atomic mass is 10.1. The molecule has 0 aliphatic heterocycles. The molecule has 0 radical (unpaired) electrons. The summed E-state index contributed by atoms with van der Waals surface area (Å²) in [4.78, 5) is 16.0. The zero-order valence-electron chi connectivity index (χ0n) is 10.8. The molecule has 0 spiro atoms. The first-order valence-corrected chi connectivity index (χ1v) is 5.82. The van der Waals surface area contributed by atoms with Crippen LogP contribution in [0, 0.1) is 0 Å². The number of carbonyl (C=O) groups is 1. The van der Waals surface area contributed by atoms with Gasteiger partial charge in [-0.1, -0.05) is 0 Å². The molecule has 7 heteroatoms. The topological polar surface area (TPSA) is 97.9 Å². The summed E-state index contributed by atoms with van der Waals surface area (Å²) in [6.45, 7) is 1.90. The first kappa shape index (κ1) is 13.0. The van der Waals surface area contributed by atoms with Crippen LogP contribution in [0.4, 0.5) is 5.82 Å². The number of hydrazine groups is 1. The maximum Gasteiger partial charge on any atom is 0.253 e. The molecule has 100 valence electrons. The maximum atomic E-state index is 12.0. The van der Waals surface area contributed by atoms with E-state index in [0.29, 0.717) is 11.4 Å². The van der Waals surface area contributed by atoms with E-state index < -0.39 is 0 Å². The van der Waals surface area contributed by atoms with Crippen LogP contribution in [-0.2, 0) is 7.05 Å². The van der Waals surface area contributed by atoms with Crippen LogP contribution in [0.1, 0.15) is 28.9 Å². The summed E-state index contributed by atoms with van der Waals surface area (Å²) in [6, 6.07) is 3.19. The van der Waals surface area contributed by atoms with Crippen LogP contribution in [0.3, 0.4) is 0 Å². The van der Waals surface area contributed by atoms with Crippen molar-refractivity contribution in [3.63, 3.8) is 0 Å². The Morgan fingerprint density at radius 1 is 1.42 bits per heavy atom. The van der Waals surface area contributed by atoms with Crippen molar-refractivity contribution in [1.82, 2.24) is 20.1 Å². The standard InChI is InChI=1S/C12H16N6O/c1-8(10-6-15-18(2)7-10)16-12(19)9-3-4-11(17-13)14-5-9/h3-8H,13H2,1-2H3,(H,14,17)(H,16,19). The van der Waals surface area contributed by atoms with Gasteiger partial charge in [-0.3, -0.25) is 9.48 Å². The average Bonchev–Trinajstić information content (AvgIpc) is 2.85. The molecule has 1 unspecified atom stereocenters. The fourth-order valence-corrected chi connectivity index (χ4v) is 1.64. The fourth-order valence-electron chi connectivity index (χ4n) is 1.64. The second-order valence-corrected chi connectivity index (χ2v) is 4.22. The van der Waals surface area contributed by atoms with E-state index in [4.69, 9.17) is 5.84 Å². The molecule has 2 rings (SSSR count). The highest BCUT2D eigenvalue weighted by molar-refractivity contribution is 5.94. The lowest BCUT2D eigenvalue weighted by Crippen LogP contribution is -2.26. The Labute approximate surface area is 110 Å². The molecule has 0 saturated carbocycles. The number of hydrogen-bond donors (Lipinski definition) is 3. The van der Waals surface area contributed by atoms with Gasteiger partial charge in [0.1, 0.15) is 5.82 Å². The molecular weight excluding hydrogens is 244 g/mol. The van der Waals surface area contributed by atoms with Gasteiger partial charge in [-0.2, -0.15) is 5.10 Å². The van der Waals surface area contributed by atoms with E-state index in [2.05, 4.69) is 20.8 Å². The molecule has 0 fully saturated rings. The van der Waals surface area contributed by atoms with E-state index in [1.165, 1.54) is 6.20 Å². The second-order valence-electron chi connectivity index (χ2n) is 4.22. The Morgan fingerprint density at radius 3 is 2.74 bits per heavy atom. The van der Waals surface area contributed by atoms with E-state index in [9.17, 15) is 4.79 Å². The van der Waals surface area contributed by atoms with E-state index in [1.807, 2.05) is 20.2 Å². The van der Waals surface area contributed by atoms with Gasteiger partial charge in [0, 0.05) is 25.0 Å². The smallest absolute Gasteiger partial charge is 0.253 e. The first-order chi connectivity index (χ1) is 9.10. The van der Waals surface area contributed by atoms with Gasteiger partial charge in [0.15, 0.2) is 0 Å². The highest BCUT2D eigenvalue weighted by atomic mass is 16.1. The summed E-state index contributed by atoms with van der Waals surface area (Å²) in [6.07, 6.45) is 5.07. The van der Waals surface area contributed by atoms with Crippen LogP contribution < -0.4 is 16.6 Å². The number of amides is 1. The van der Waals surface area contributed by atoms with Crippen molar-refractivity contribution >= 4 is 11.7 Å². The van der Waals surface area contributed by atoms with Gasteiger partial charge in [0.25, 0.3) is 5.91 Å². The van der Waals surface area contributed by atoms with E-state index in [1.54, 1.807) is 23.0 Å². The Kier molecular flexibility index (Phi) is 3.76. The number of rotatable bonds is 4. The normalized spacial score (nSPS) is 11.9. The van der Waals surface area contributed by atoms with Crippen LogP contribution in [0.15, 0.2) is 30.7 Å². The zero-order chi connectivity index (χ0) is 13.8. The van der Waals surface area contributed by atoms with Gasteiger partial charge in [-0.05, 0) is 19.1 Å². The number of nitrogens with one attached hydrogen (secondary N) is 2. The minimum atomic E-state index is -0.188. The van der Waals surface area contributed by atoms with Gasteiger partial charge >= 0.3 is 0 Å². The van der Waals surface area contributed by atoms with Crippen molar-refractivity contribution in [3.05, 3.63) is 41.9 Å². The van der Waals surface area contributed by atoms with Gasteiger partial charge < -0.3 is 10.7 Å². The van der Waals surface area contributed by atoms with Gasteiger partial charge in [0.2, 0.25) is 0 Å². The van der Waals surface area contributed by atoms with Crippen molar-refractivity contribution in [2.45, 2.75) is 13.0 Å². The summed E-state index contributed by atoms with van der Waals surface area (Å²) in [7, 11) is 1.83. The van der Waals surface area contributed by atoms with Crippen molar-refractivity contribution in [2.24, 2.45) is 12.9 Å². The molecule has 0 aliphatic carbocycles. The third kappa shape index (κ3) is 3.08. The van der Waals surface area contributed by atoms with Crippen molar-refractivity contribution in [3.8, 4) is 0 Å². The Bertz CT molecular complexity index is 562. The molecule has 2 heterocycles. The highest BCUT2D eigenvalue weighted by Crippen LogP contribution is 2.12. The lowest BCUT2D eigenvalue weighted by Gasteiger charge is -2.12. The van der Waals surface area contributed by atoms with Crippen LogP contribution in [-0.4, -0.2) is 20.7 Å². The van der Waals surface area contributed by atoms with Crippen LogP contribution >= 0.6 is 0 Å². The second kappa shape index (κ2) is 5.49. The molecule has 19 heavy (non-hydrogen) atoms. The number of pyridine rings is 1. The molecular formula is C12H16N6O. The Morgan fingerprint density at radius 2 is 2.21 bits per heavy atom. The molecule has 1 amide bonds. The predicted molar refractivity (Wildman–Crippen MR) is 71.1 cm³/mol.